The first-order valence-corrected chi connectivity index (χ1v) is 15.4. The number of hydrogen-bond acceptors (Lipinski definition) is 6. The Hall–Kier alpha value is -3.58. The number of ether oxygens (including phenoxy) is 1. The van der Waals surface area contributed by atoms with Crippen LogP contribution in [0.15, 0.2) is 66.9 Å². The van der Waals surface area contributed by atoms with Gasteiger partial charge in [-0.2, -0.15) is 0 Å². The Balaban J connectivity index is 1.54. The number of nitrogens with zero attached hydrogens (tertiary/aromatic N) is 3. The molecule has 3 aromatic carbocycles. The maximum Gasteiger partial charge on any atom is 0.163 e. The van der Waals surface area contributed by atoms with Crippen molar-refractivity contribution in [3.8, 4) is 33.0 Å². The van der Waals surface area contributed by atoms with Crippen molar-refractivity contribution in [3.05, 3.63) is 88.6 Å². The summed E-state index contributed by atoms with van der Waals surface area (Å²) in [5.41, 5.74) is 9.91. The van der Waals surface area contributed by atoms with Gasteiger partial charge >= 0.3 is 0 Å². The lowest BCUT2D eigenvalue weighted by molar-refractivity contribution is -0.138. The zero-order chi connectivity index (χ0) is 29.8. The van der Waals surface area contributed by atoms with Gasteiger partial charge in [-0.15, -0.1) is 11.3 Å². The van der Waals surface area contributed by atoms with Crippen LogP contribution in [-0.4, -0.2) is 34.9 Å². The minimum absolute atomic E-state index is 0.0351. The molecule has 2 aromatic heterocycles. The van der Waals surface area contributed by atoms with E-state index in [4.69, 9.17) is 26.3 Å². The molecule has 1 aliphatic rings. The minimum atomic E-state index is -0.712. The Morgan fingerprint density at radius 2 is 1.83 bits per heavy atom. The van der Waals surface area contributed by atoms with Gasteiger partial charge in [0.1, 0.15) is 11.1 Å². The molecule has 214 valence electrons. The second-order valence-corrected chi connectivity index (χ2v) is 13.4. The minimum Gasteiger partial charge on any atom is -0.374 e. The predicted molar refractivity (Wildman–Crippen MR) is 175 cm³/mol. The Labute approximate surface area is 256 Å². The molecule has 42 heavy (non-hydrogen) atoms. The first-order valence-electron chi connectivity index (χ1n) is 14.2. The van der Waals surface area contributed by atoms with E-state index in [2.05, 4.69) is 42.3 Å². The summed E-state index contributed by atoms with van der Waals surface area (Å²) in [6.45, 7) is 10.6. The van der Waals surface area contributed by atoms with E-state index in [-0.39, 0.29) is 5.78 Å². The highest BCUT2D eigenvalue weighted by molar-refractivity contribution is 7.22. The van der Waals surface area contributed by atoms with Gasteiger partial charge in [-0.05, 0) is 94.1 Å². The standard InChI is InChI=1S/C35H34ClN3O2S/c1-20-18-28-33(31(22-10-12-24(36)13-11-22)30(20)32(21(2)40)41-35(3,4)5)42-34(38-28)23-14-16-37-27(19-23)25-8-7-9-29-26(25)15-17-39(29)6/h7-14,16,18-19,32H,15,17H2,1-6H3/t32-/m1/s1. The molecule has 5 aromatic rings. The van der Waals surface area contributed by atoms with Crippen LogP contribution >= 0.6 is 22.9 Å². The molecule has 0 radical (unpaired) electrons. The molecule has 0 fully saturated rings. The molecule has 1 aliphatic heterocycles. The molecule has 0 saturated carbocycles. The number of carbonyl (C=O) groups is 1. The van der Waals surface area contributed by atoms with Crippen LogP contribution in [0.25, 0.3) is 43.2 Å². The number of ketones is 1. The van der Waals surface area contributed by atoms with Crippen molar-refractivity contribution in [2.45, 2.75) is 52.7 Å². The number of thiazole rings is 1. The van der Waals surface area contributed by atoms with E-state index in [0.717, 1.165) is 61.7 Å². The summed E-state index contributed by atoms with van der Waals surface area (Å²) < 4.78 is 7.41. The number of Topliss-reactive ketones (excluding diaryl/α,β-unsaturated/α-hetero) is 1. The number of aromatic nitrogens is 2. The Morgan fingerprint density at radius 3 is 2.55 bits per heavy atom. The number of rotatable bonds is 6. The molecule has 6 rings (SSSR count). The zero-order valence-electron chi connectivity index (χ0n) is 24.8. The molecule has 7 heteroatoms. The van der Waals surface area contributed by atoms with Crippen LogP contribution in [0.5, 0.6) is 0 Å². The van der Waals surface area contributed by atoms with Gasteiger partial charge in [-0.1, -0.05) is 35.9 Å². The van der Waals surface area contributed by atoms with Gasteiger partial charge in [-0.3, -0.25) is 9.78 Å². The molecule has 3 heterocycles. The maximum absolute atomic E-state index is 13.1. The van der Waals surface area contributed by atoms with Crippen LogP contribution in [0, 0.1) is 6.92 Å². The molecule has 1 atom stereocenters. The van der Waals surface area contributed by atoms with E-state index < -0.39 is 11.7 Å². The Bertz CT molecular complexity index is 1820. The van der Waals surface area contributed by atoms with Crippen molar-refractivity contribution in [3.63, 3.8) is 0 Å². The van der Waals surface area contributed by atoms with Crippen molar-refractivity contribution in [2.24, 2.45) is 0 Å². The van der Waals surface area contributed by atoms with Crippen LogP contribution in [0.4, 0.5) is 5.69 Å². The van der Waals surface area contributed by atoms with Crippen LogP contribution in [0.3, 0.4) is 0 Å². The SMILES string of the molecule is CC(=O)[C@@H](OC(C)(C)C)c1c(C)cc2nc(-c3ccnc(-c4cccc5c4CCN5C)c3)sc2c1-c1ccc(Cl)cc1. The largest absolute Gasteiger partial charge is 0.374 e. The summed E-state index contributed by atoms with van der Waals surface area (Å²) >= 11 is 7.91. The van der Waals surface area contributed by atoms with Gasteiger partial charge in [0.2, 0.25) is 0 Å². The number of benzene rings is 3. The molecule has 0 amide bonds. The quantitative estimate of drug-likeness (QED) is 0.196. The number of hydrogen-bond donors (Lipinski definition) is 0. The fraction of sp³-hybridized carbons (Fsp3) is 0.286. The summed E-state index contributed by atoms with van der Waals surface area (Å²) in [5, 5.41) is 1.56. The van der Waals surface area contributed by atoms with Gasteiger partial charge in [0, 0.05) is 52.8 Å². The lowest BCUT2D eigenvalue weighted by Gasteiger charge is -2.29. The van der Waals surface area contributed by atoms with Crippen molar-refractivity contribution >= 4 is 44.6 Å². The van der Waals surface area contributed by atoms with Crippen molar-refractivity contribution in [1.82, 2.24) is 9.97 Å². The number of fused-ring (bicyclic) bond motifs is 2. The molecule has 0 N–H and O–H groups in total. The second kappa shape index (κ2) is 10.9. The Kier molecular flexibility index (Phi) is 7.42. The van der Waals surface area contributed by atoms with E-state index in [9.17, 15) is 4.79 Å². The zero-order valence-corrected chi connectivity index (χ0v) is 26.4. The van der Waals surface area contributed by atoms with Crippen LogP contribution in [-0.2, 0) is 16.0 Å². The number of anilines is 1. The average Bonchev–Trinajstić information content (AvgIpc) is 3.55. The van der Waals surface area contributed by atoms with Gasteiger partial charge in [0.25, 0.3) is 0 Å². The normalized spacial score (nSPS) is 13.9. The molecular weight excluding hydrogens is 562 g/mol. The summed E-state index contributed by atoms with van der Waals surface area (Å²) in [6.07, 6.45) is 2.17. The molecule has 0 spiro atoms. The van der Waals surface area contributed by atoms with Gasteiger partial charge < -0.3 is 9.64 Å². The fourth-order valence-corrected chi connectivity index (χ4v) is 7.07. The van der Waals surface area contributed by atoms with Crippen LogP contribution < -0.4 is 4.90 Å². The number of carbonyl (C=O) groups excluding carboxylic acids is 1. The van der Waals surface area contributed by atoms with Gasteiger partial charge in [0.05, 0.1) is 21.5 Å². The third kappa shape index (κ3) is 5.35. The summed E-state index contributed by atoms with van der Waals surface area (Å²) in [4.78, 5) is 25.3. The van der Waals surface area contributed by atoms with Crippen molar-refractivity contribution in [2.75, 3.05) is 18.5 Å². The average molecular weight is 596 g/mol. The van der Waals surface area contributed by atoms with E-state index in [1.807, 2.05) is 64.2 Å². The number of aryl methyl sites for hydroxylation is 1. The topological polar surface area (TPSA) is 55.3 Å². The van der Waals surface area contributed by atoms with E-state index >= 15 is 0 Å². The summed E-state index contributed by atoms with van der Waals surface area (Å²) in [5.74, 6) is -0.0351. The third-order valence-corrected chi connectivity index (χ3v) is 9.10. The highest BCUT2D eigenvalue weighted by Crippen LogP contribution is 2.45. The molecule has 0 unspecified atom stereocenters. The highest BCUT2D eigenvalue weighted by atomic mass is 35.5. The highest BCUT2D eigenvalue weighted by Gasteiger charge is 2.30. The molecular formula is C35H34ClN3O2S. The summed E-state index contributed by atoms with van der Waals surface area (Å²) in [7, 11) is 2.14. The van der Waals surface area contributed by atoms with Crippen LogP contribution in [0.1, 0.15) is 50.5 Å². The Morgan fingerprint density at radius 1 is 1.07 bits per heavy atom. The first-order chi connectivity index (χ1) is 20.0. The molecule has 0 aliphatic carbocycles. The molecule has 0 bridgehead atoms. The monoisotopic (exact) mass is 595 g/mol. The summed E-state index contributed by atoms with van der Waals surface area (Å²) in [6, 6.07) is 20.5. The van der Waals surface area contributed by atoms with E-state index in [0.29, 0.717) is 5.02 Å². The predicted octanol–water partition coefficient (Wildman–Crippen LogP) is 9.09. The maximum atomic E-state index is 13.1. The number of pyridine rings is 1. The first kappa shape index (κ1) is 28.5. The van der Waals surface area contributed by atoms with Crippen LogP contribution in [0.2, 0.25) is 5.02 Å². The molecule has 0 saturated heterocycles. The lowest BCUT2D eigenvalue weighted by atomic mass is 9.90. The third-order valence-electron chi connectivity index (χ3n) is 7.71. The fourth-order valence-electron chi connectivity index (χ4n) is 5.82. The van der Waals surface area contributed by atoms with Crippen molar-refractivity contribution in [1.29, 1.82) is 0 Å². The smallest absolute Gasteiger partial charge is 0.163 e. The van der Waals surface area contributed by atoms with E-state index in [1.165, 1.54) is 16.8 Å². The van der Waals surface area contributed by atoms with E-state index in [1.54, 1.807) is 18.3 Å². The lowest BCUT2D eigenvalue weighted by Crippen LogP contribution is -2.27. The number of likely N-dealkylation sites (N-methyl/N-ethyl adjacent to an activating group) is 1. The van der Waals surface area contributed by atoms with Gasteiger partial charge in [-0.25, -0.2) is 4.98 Å². The number of halogens is 1. The van der Waals surface area contributed by atoms with Crippen molar-refractivity contribution < 1.29 is 9.53 Å². The second-order valence-electron chi connectivity index (χ2n) is 12.0. The van der Waals surface area contributed by atoms with Gasteiger partial charge in [0.15, 0.2) is 5.78 Å². The molecule has 5 nitrogen and oxygen atoms in total.